The summed E-state index contributed by atoms with van der Waals surface area (Å²) in [6.07, 6.45) is 6.60. The summed E-state index contributed by atoms with van der Waals surface area (Å²) < 4.78 is 1.66. The number of rotatable bonds is 7. The molecular weight excluding hydrogens is 292 g/mol. The predicted molar refractivity (Wildman–Crippen MR) is 88.4 cm³/mol. The third-order valence-electron chi connectivity index (χ3n) is 3.64. The van der Waals surface area contributed by atoms with Gasteiger partial charge in [0.05, 0.1) is 11.3 Å². The molecule has 0 aliphatic rings. The van der Waals surface area contributed by atoms with Crippen molar-refractivity contribution in [3.8, 4) is 5.69 Å². The fourth-order valence-corrected chi connectivity index (χ4v) is 2.16. The summed E-state index contributed by atoms with van der Waals surface area (Å²) in [5, 5.41) is 17.2. The lowest BCUT2D eigenvalue weighted by atomic mass is 9.95. The van der Waals surface area contributed by atoms with Gasteiger partial charge in [-0.05, 0) is 43.9 Å². The van der Waals surface area contributed by atoms with Crippen molar-refractivity contribution >= 4 is 5.91 Å². The summed E-state index contributed by atoms with van der Waals surface area (Å²) in [7, 11) is 0. The maximum Gasteiger partial charge on any atom is 0.270 e. The quantitative estimate of drug-likeness (QED) is 0.820. The van der Waals surface area contributed by atoms with Gasteiger partial charge in [-0.25, -0.2) is 4.68 Å². The zero-order valence-corrected chi connectivity index (χ0v) is 13.9. The van der Waals surface area contributed by atoms with Crippen LogP contribution in [0.3, 0.4) is 0 Å². The molecule has 0 saturated heterocycles. The Balaban J connectivity index is 1.97. The van der Waals surface area contributed by atoms with Crippen LogP contribution in [0, 0.1) is 5.92 Å². The van der Waals surface area contributed by atoms with Crippen LogP contribution >= 0.6 is 0 Å². The number of nitrogens with zero attached hydrogens (tertiary/aromatic N) is 3. The van der Waals surface area contributed by atoms with Crippen molar-refractivity contribution in [2.24, 2.45) is 5.92 Å². The van der Waals surface area contributed by atoms with E-state index in [9.17, 15) is 9.90 Å². The Kier molecular flexibility index (Phi) is 5.50. The zero-order valence-electron chi connectivity index (χ0n) is 13.9. The Morgan fingerprint density at radius 3 is 2.87 bits per heavy atom. The van der Waals surface area contributed by atoms with Crippen LogP contribution in [0.4, 0.5) is 0 Å². The minimum Gasteiger partial charge on any atom is -0.388 e. The predicted octanol–water partition coefficient (Wildman–Crippen LogP) is 2.18. The van der Waals surface area contributed by atoms with Crippen LogP contribution in [0.25, 0.3) is 5.69 Å². The molecule has 2 heterocycles. The number of hydrogen-bond donors (Lipinski definition) is 2. The number of aliphatic hydroxyl groups is 1. The summed E-state index contributed by atoms with van der Waals surface area (Å²) in [4.78, 5) is 16.3. The maximum atomic E-state index is 12.2. The van der Waals surface area contributed by atoms with E-state index >= 15 is 0 Å². The standard InChI is InChI=1S/C17H24N4O2/c1-13(2)5-7-17(3,23)12-19-16(22)15-11-14(6-9-18-15)21-10-4-8-20-21/h4,6,8-11,13,23H,5,7,12H2,1-3H3,(H,19,22). The molecule has 2 rings (SSSR count). The summed E-state index contributed by atoms with van der Waals surface area (Å²) in [5.41, 5.74) is 0.152. The van der Waals surface area contributed by atoms with Crippen LogP contribution in [0.2, 0.25) is 0 Å². The number of carbonyl (C=O) groups is 1. The number of nitrogens with one attached hydrogen (secondary N) is 1. The molecule has 2 N–H and O–H groups in total. The topological polar surface area (TPSA) is 80.0 Å². The van der Waals surface area contributed by atoms with Crippen LogP contribution in [0.15, 0.2) is 36.8 Å². The summed E-state index contributed by atoms with van der Waals surface area (Å²) in [6.45, 7) is 6.16. The van der Waals surface area contributed by atoms with E-state index in [1.54, 1.807) is 42.3 Å². The first kappa shape index (κ1) is 17.1. The highest BCUT2D eigenvalue weighted by molar-refractivity contribution is 5.92. The van der Waals surface area contributed by atoms with Crippen LogP contribution in [-0.2, 0) is 0 Å². The first-order valence-electron chi connectivity index (χ1n) is 7.84. The van der Waals surface area contributed by atoms with E-state index in [-0.39, 0.29) is 12.5 Å². The van der Waals surface area contributed by atoms with Gasteiger partial charge in [0, 0.05) is 25.1 Å². The van der Waals surface area contributed by atoms with E-state index in [1.807, 2.05) is 6.07 Å². The molecule has 6 nitrogen and oxygen atoms in total. The highest BCUT2D eigenvalue weighted by Gasteiger charge is 2.22. The van der Waals surface area contributed by atoms with Gasteiger partial charge < -0.3 is 10.4 Å². The van der Waals surface area contributed by atoms with E-state index in [2.05, 4.69) is 29.2 Å². The lowest BCUT2D eigenvalue weighted by Crippen LogP contribution is -2.41. The fraction of sp³-hybridized carbons (Fsp3) is 0.471. The zero-order chi connectivity index (χ0) is 16.9. The van der Waals surface area contributed by atoms with Crippen LogP contribution in [0.5, 0.6) is 0 Å². The second-order valence-corrected chi connectivity index (χ2v) is 6.46. The minimum absolute atomic E-state index is 0.201. The van der Waals surface area contributed by atoms with Crippen LogP contribution in [-0.4, -0.2) is 37.9 Å². The average molecular weight is 316 g/mol. The Morgan fingerprint density at radius 2 is 2.22 bits per heavy atom. The molecule has 0 radical (unpaired) electrons. The van der Waals surface area contributed by atoms with Crippen molar-refractivity contribution in [3.05, 3.63) is 42.5 Å². The van der Waals surface area contributed by atoms with Crippen molar-refractivity contribution in [2.45, 2.75) is 39.2 Å². The molecule has 0 aliphatic carbocycles. The summed E-state index contributed by atoms with van der Waals surface area (Å²) >= 11 is 0. The Labute approximate surface area is 136 Å². The first-order valence-corrected chi connectivity index (χ1v) is 7.84. The maximum absolute atomic E-state index is 12.2. The SMILES string of the molecule is CC(C)CCC(C)(O)CNC(=O)c1cc(-n2cccn2)ccn1. The molecule has 0 bridgehead atoms. The molecule has 23 heavy (non-hydrogen) atoms. The normalized spacial score (nSPS) is 13.8. The monoisotopic (exact) mass is 316 g/mol. The third kappa shape index (κ3) is 5.17. The highest BCUT2D eigenvalue weighted by Crippen LogP contribution is 2.15. The average Bonchev–Trinajstić information content (AvgIpc) is 3.05. The minimum atomic E-state index is -0.917. The van der Waals surface area contributed by atoms with E-state index in [1.165, 1.54) is 0 Å². The molecule has 124 valence electrons. The van der Waals surface area contributed by atoms with Crippen molar-refractivity contribution in [2.75, 3.05) is 6.54 Å². The molecule has 1 atom stereocenters. The van der Waals surface area contributed by atoms with Crippen LogP contribution in [0.1, 0.15) is 44.1 Å². The van der Waals surface area contributed by atoms with E-state index < -0.39 is 5.60 Å². The van der Waals surface area contributed by atoms with Gasteiger partial charge in [0.15, 0.2) is 0 Å². The summed E-state index contributed by atoms with van der Waals surface area (Å²) in [6, 6.07) is 5.26. The molecule has 0 aliphatic heterocycles. The molecule has 2 aromatic rings. The number of amides is 1. The molecule has 6 heteroatoms. The Morgan fingerprint density at radius 1 is 1.43 bits per heavy atom. The molecule has 0 saturated carbocycles. The lowest BCUT2D eigenvalue weighted by molar-refractivity contribution is 0.0428. The van der Waals surface area contributed by atoms with Crippen molar-refractivity contribution in [3.63, 3.8) is 0 Å². The molecule has 1 unspecified atom stereocenters. The van der Waals surface area contributed by atoms with E-state index in [0.29, 0.717) is 18.0 Å². The molecule has 0 fully saturated rings. The second kappa shape index (κ2) is 7.37. The molecular formula is C17H24N4O2. The first-order chi connectivity index (χ1) is 10.9. The second-order valence-electron chi connectivity index (χ2n) is 6.46. The molecule has 0 spiro atoms. The van der Waals surface area contributed by atoms with Crippen molar-refractivity contribution in [1.29, 1.82) is 0 Å². The van der Waals surface area contributed by atoms with E-state index in [0.717, 1.165) is 12.1 Å². The van der Waals surface area contributed by atoms with Gasteiger partial charge in [-0.15, -0.1) is 0 Å². The number of hydrogen-bond acceptors (Lipinski definition) is 4. The smallest absolute Gasteiger partial charge is 0.270 e. The largest absolute Gasteiger partial charge is 0.388 e. The lowest BCUT2D eigenvalue weighted by Gasteiger charge is -2.24. The van der Waals surface area contributed by atoms with Gasteiger partial charge >= 0.3 is 0 Å². The van der Waals surface area contributed by atoms with Gasteiger partial charge in [-0.1, -0.05) is 13.8 Å². The Hall–Kier alpha value is -2.21. The molecule has 1 amide bonds. The van der Waals surface area contributed by atoms with Gasteiger partial charge in [0.25, 0.3) is 5.91 Å². The number of pyridine rings is 1. The molecule has 0 aromatic carbocycles. The van der Waals surface area contributed by atoms with Gasteiger partial charge in [0.2, 0.25) is 0 Å². The van der Waals surface area contributed by atoms with Crippen LogP contribution < -0.4 is 5.32 Å². The van der Waals surface area contributed by atoms with Gasteiger partial charge in [-0.3, -0.25) is 9.78 Å². The highest BCUT2D eigenvalue weighted by atomic mass is 16.3. The van der Waals surface area contributed by atoms with E-state index in [4.69, 9.17) is 0 Å². The number of carbonyl (C=O) groups excluding carboxylic acids is 1. The van der Waals surface area contributed by atoms with Crippen molar-refractivity contribution in [1.82, 2.24) is 20.1 Å². The number of aromatic nitrogens is 3. The Bertz CT molecular complexity index is 636. The van der Waals surface area contributed by atoms with Crippen molar-refractivity contribution < 1.29 is 9.90 Å². The fourth-order valence-electron chi connectivity index (χ4n) is 2.16. The van der Waals surface area contributed by atoms with Gasteiger partial charge in [-0.2, -0.15) is 5.10 Å². The summed E-state index contributed by atoms with van der Waals surface area (Å²) in [5.74, 6) is 0.216. The molecule has 2 aromatic heterocycles. The van der Waals surface area contributed by atoms with Gasteiger partial charge in [0.1, 0.15) is 5.69 Å². The third-order valence-corrected chi connectivity index (χ3v) is 3.64.